The zero-order valence-corrected chi connectivity index (χ0v) is 43.4. The normalized spacial score (nSPS) is 13.9. The summed E-state index contributed by atoms with van der Waals surface area (Å²) >= 11 is 0. The molecule has 8 nitrogen and oxygen atoms in total. The Morgan fingerprint density at radius 2 is 0.944 bits per heavy atom. The lowest BCUT2D eigenvalue weighted by atomic mass is 9.87. The molecule has 3 aliphatic rings. The fourth-order valence-electron chi connectivity index (χ4n) is 9.70. The number of carbonyl (C=O) groups excluding carboxylic acids is 3. The summed E-state index contributed by atoms with van der Waals surface area (Å²) in [6.45, 7) is 24.8. The summed E-state index contributed by atoms with van der Waals surface area (Å²) in [6.07, 6.45) is 10.6. The summed E-state index contributed by atoms with van der Waals surface area (Å²) in [5, 5.41) is 0. The molecular weight excluding hydrogens is 889 g/mol. The molecule has 3 amide bonds. The predicted octanol–water partition coefficient (Wildman–Crippen LogP) is 15.0. The van der Waals surface area contributed by atoms with E-state index in [9.17, 15) is 14.4 Å². The van der Waals surface area contributed by atoms with Gasteiger partial charge >= 0.3 is 0 Å². The molecule has 8 heteroatoms. The van der Waals surface area contributed by atoms with Crippen LogP contribution in [0.25, 0.3) is 0 Å². The molecule has 6 aromatic rings. The van der Waals surface area contributed by atoms with Crippen molar-refractivity contribution < 1.29 is 19.1 Å². The first-order valence-electron chi connectivity index (χ1n) is 25.2. The van der Waals surface area contributed by atoms with Crippen LogP contribution in [0.2, 0.25) is 0 Å². The molecule has 1 aromatic heterocycles. The van der Waals surface area contributed by atoms with Gasteiger partial charge in [0.15, 0.2) is 0 Å². The van der Waals surface area contributed by atoms with Gasteiger partial charge < -0.3 is 19.4 Å². The van der Waals surface area contributed by atoms with Crippen LogP contribution in [0.3, 0.4) is 0 Å². The molecule has 0 unspecified atom stereocenters. The third-order valence-corrected chi connectivity index (χ3v) is 12.5. The minimum Gasteiger partial charge on any atom is -0.490 e. The lowest BCUT2D eigenvalue weighted by molar-refractivity contribution is 0.0971. The molecular formula is C64H82N4O4. The minimum absolute atomic E-state index is 0. The first kappa shape index (κ1) is 56.4. The molecule has 0 radical (unpaired) electrons. The van der Waals surface area contributed by atoms with E-state index in [2.05, 4.69) is 117 Å². The first-order chi connectivity index (χ1) is 33.2. The Kier molecular flexibility index (Phi) is 19.0. The number of hydrogen-bond donors (Lipinski definition) is 0. The Morgan fingerprint density at radius 3 is 1.43 bits per heavy atom. The largest absolute Gasteiger partial charge is 0.490 e. The molecule has 0 spiro atoms. The number of para-hydroxylation sites is 2. The molecule has 4 heterocycles. The SMILES string of the molecule is C.C.CC(C)(C)Cc1cccc(C(=O)N2CCCc3cnccc32)c1.CC(C)(C)Cc1cccc(C(=O)N2CCOc3ccccc32)c1.Cc1ccc2c(c1)CCCN2C(=O)c1cccc(CC(C)(C)C)c1. The monoisotopic (exact) mass is 971 g/mol. The molecule has 5 aromatic carbocycles. The van der Waals surface area contributed by atoms with Crippen molar-refractivity contribution >= 4 is 34.8 Å². The average Bonchev–Trinajstić information content (AvgIpc) is 3.32. The van der Waals surface area contributed by atoms with Gasteiger partial charge in [0.25, 0.3) is 17.7 Å². The number of benzene rings is 5. The molecule has 0 N–H and O–H groups in total. The lowest BCUT2D eigenvalue weighted by Crippen LogP contribution is -2.37. The zero-order chi connectivity index (χ0) is 50.2. The van der Waals surface area contributed by atoms with Crippen molar-refractivity contribution in [2.45, 2.75) is 129 Å². The van der Waals surface area contributed by atoms with Crippen LogP contribution in [-0.2, 0) is 32.1 Å². The van der Waals surface area contributed by atoms with Crippen LogP contribution in [0.15, 0.2) is 134 Å². The lowest BCUT2D eigenvalue weighted by Gasteiger charge is -2.30. The highest BCUT2D eigenvalue weighted by Crippen LogP contribution is 2.34. The fourth-order valence-corrected chi connectivity index (χ4v) is 9.70. The van der Waals surface area contributed by atoms with Crippen molar-refractivity contribution in [2.75, 3.05) is 40.9 Å². The van der Waals surface area contributed by atoms with Crippen LogP contribution in [-0.4, -0.2) is 48.9 Å². The molecule has 382 valence electrons. The van der Waals surface area contributed by atoms with E-state index in [0.29, 0.717) is 13.2 Å². The van der Waals surface area contributed by atoms with Crippen LogP contribution in [0.5, 0.6) is 5.75 Å². The number of ether oxygens (including phenoxy) is 1. The van der Waals surface area contributed by atoms with E-state index in [1.54, 1.807) is 6.20 Å². The second-order valence-corrected chi connectivity index (χ2v) is 22.8. The number of carbonyl (C=O) groups is 3. The van der Waals surface area contributed by atoms with Gasteiger partial charge in [-0.3, -0.25) is 19.4 Å². The maximum atomic E-state index is 13.1. The number of fused-ring (bicyclic) bond motifs is 3. The molecule has 0 fully saturated rings. The maximum absolute atomic E-state index is 13.1. The van der Waals surface area contributed by atoms with Gasteiger partial charge in [0.1, 0.15) is 12.4 Å². The maximum Gasteiger partial charge on any atom is 0.258 e. The second kappa shape index (κ2) is 24.3. The van der Waals surface area contributed by atoms with Crippen LogP contribution in [0.1, 0.15) is 154 Å². The molecule has 72 heavy (non-hydrogen) atoms. The standard InChI is InChI=1S/C22H27NO.C20H24N2O.C20H23NO2.2CH4/c1-16-10-11-20-18(13-16)9-6-12-23(20)21(24)19-8-5-7-17(14-19)15-22(2,3)4;1-20(2,3)13-15-6-4-7-16(12-15)19(23)22-11-5-8-17-14-21-10-9-18(17)22;1-20(2,3)14-15-7-6-8-16(13-15)19(22)21-11-12-23-18-10-5-4-9-17(18)21;;/h5,7-8,10-11,13-14H,6,9,12,15H2,1-4H3;4,6-7,9-10,12,14H,5,8,11,13H2,1-3H3;4-10,13H,11-12,14H2,1-3H3;2*1H4. The van der Waals surface area contributed by atoms with Gasteiger partial charge in [0.2, 0.25) is 0 Å². The van der Waals surface area contributed by atoms with E-state index in [-0.39, 0.29) is 48.8 Å². The summed E-state index contributed by atoms with van der Waals surface area (Å²) in [5.41, 5.74) is 13.3. The third-order valence-electron chi connectivity index (χ3n) is 12.5. The van der Waals surface area contributed by atoms with E-state index < -0.39 is 0 Å². The van der Waals surface area contributed by atoms with Crippen molar-refractivity contribution in [3.8, 4) is 5.75 Å². The molecule has 0 aliphatic carbocycles. The molecule has 0 saturated heterocycles. The first-order valence-corrected chi connectivity index (χ1v) is 25.2. The van der Waals surface area contributed by atoms with E-state index in [4.69, 9.17) is 4.74 Å². The van der Waals surface area contributed by atoms with Crippen LogP contribution in [0.4, 0.5) is 17.1 Å². The van der Waals surface area contributed by atoms with Crippen molar-refractivity contribution in [1.82, 2.24) is 4.98 Å². The summed E-state index contributed by atoms with van der Waals surface area (Å²) < 4.78 is 5.64. The van der Waals surface area contributed by atoms with Crippen molar-refractivity contribution in [3.63, 3.8) is 0 Å². The zero-order valence-electron chi connectivity index (χ0n) is 43.4. The number of anilines is 3. The molecule has 0 atom stereocenters. The van der Waals surface area contributed by atoms with E-state index in [1.165, 1.54) is 27.8 Å². The van der Waals surface area contributed by atoms with Gasteiger partial charge in [-0.05, 0) is 157 Å². The Bertz CT molecular complexity index is 2670. The van der Waals surface area contributed by atoms with Crippen LogP contribution < -0.4 is 19.4 Å². The molecule has 0 saturated carbocycles. The Morgan fingerprint density at radius 1 is 0.500 bits per heavy atom. The summed E-state index contributed by atoms with van der Waals surface area (Å²) in [7, 11) is 0. The van der Waals surface area contributed by atoms with Crippen LogP contribution >= 0.6 is 0 Å². The fraction of sp³-hybridized carbons (Fsp3) is 0.406. The van der Waals surface area contributed by atoms with Gasteiger partial charge in [-0.15, -0.1) is 0 Å². The molecule has 3 aliphatic heterocycles. The summed E-state index contributed by atoms with van der Waals surface area (Å²) in [4.78, 5) is 48.9. The van der Waals surface area contributed by atoms with E-state index >= 15 is 0 Å². The number of aryl methyl sites for hydroxylation is 3. The second-order valence-electron chi connectivity index (χ2n) is 22.8. The topological polar surface area (TPSA) is 83.1 Å². The van der Waals surface area contributed by atoms with Crippen LogP contribution in [0, 0.1) is 23.2 Å². The number of amides is 3. The number of rotatable bonds is 6. The highest BCUT2D eigenvalue weighted by molar-refractivity contribution is 6.08. The number of hydrogen-bond acceptors (Lipinski definition) is 5. The molecule has 9 rings (SSSR count). The van der Waals surface area contributed by atoms with Crippen molar-refractivity contribution in [2.24, 2.45) is 16.2 Å². The highest BCUT2D eigenvalue weighted by Gasteiger charge is 2.27. The average molecular weight is 971 g/mol. The number of aromatic nitrogens is 1. The van der Waals surface area contributed by atoms with Gasteiger partial charge in [-0.2, -0.15) is 0 Å². The van der Waals surface area contributed by atoms with Gasteiger partial charge in [-0.1, -0.05) is 143 Å². The Balaban J connectivity index is 0.000000198. The molecule has 0 bridgehead atoms. The summed E-state index contributed by atoms with van der Waals surface area (Å²) in [6, 6.07) is 40.2. The number of nitrogens with zero attached hydrogens (tertiary/aromatic N) is 4. The minimum atomic E-state index is 0. The van der Waals surface area contributed by atoms with Gasteiger partial charge in [-0.25, -0.2) is 0 Å². The van der Waals surface area contributed by atoms with Crippen molar-refractivity contribution in [3.05, 3.63) is 184 Å². The number of pyridine rings is 1. The summed E-state index contributed by atoms with van der Waals surface area (Å²) in [5.74, 6) is 1.03. The third kappa shape index (κ3) is 15.2. The van der Waals surface area contributed by atoms with Crippen molar-refractivity contribution in [1.29, 1.82) is 0 Å². The smallest absolute Gasteiger partial charge is 0.258 e. The highest BCUT2D eigenvalue weighted by atomic mass is 16.5. The van der Waals surface area contributed by atoms with Gasteiger partial charge in [0, 0.05) is 47.9 Å². The quantitative estimate of drug-likeness (QED) is 0.166. The van der Waals surface area contributed by atoms with E-state index in [1.807, 2.05) is 99.8 Å². The van der Waals surface area contributed by atoms with E-state index in [0.717, 1.165) is 103 Å². The Labute approximate surface area is 432 Å². The predicted molar refractivity (Wildman–Crippen MR) is 301 cm³/mol. The Hall–Kier alpha value is -6.54. The van der Waals surface area contributed by atoms with Gasteiger partial charge in [0.05, 0.1) is 17.9 Å².